The molecule has 0 fully saturated rings. The summed E-state index contributed by atoms with van der Waals surface area (Å²) in [6, 6.07) is 14.0. The molecule has 0 spiro atoms. The molecule has 1 heterocycles. The summed E-state index contributed by atoms with van der Waals surface area (Å²) in [5, 5.41) is 3.79. The monoisotopic (exact) mass is 417 g/mol. The Morgan fingerprint density at radius 3 is 2.17 bits per heavy atom. The summed E-state index contributed by atoms with van der Waals surface area (Å²) in [7, 11) is 0. The first-order valence-electron chi connectivity index (χ1n) is 9.98. The van der Waals surface area contributed by atoms with Gasteiger partial charge in [0.1, 0.15) is 0 Å². The number of carbonyl (C=O) groups excluding carboxylic acids is 3. The molecule has 4 nitrogen and oxygen atoms in total. The number of rotatable bonds is 1. The maximum absolute atomic E-state index is 13.5. The number of hydrogen-bond acceptors (Lipinski definition) is 4. The van der Waals surface area contributed by atoms with E-state index in [2.05, 4.69) is 5.32 Å². The molecule has 3 aliphatic rings. The average molecular weight is 418 g/mol. The molecular weight excluding hydrogens is 398 g/mol. The highest BCUT2D eigenvalue weighted by atomic mass is 35.5. The fourth-order valence-corrected chi connectivity index (χ4v) is 4.99. The molecule has 5 rings (SSSR count). The number of halogens is 1. The first-order valence-corrected chi connectivity index (χ1v) is 10.4. The van der Waals surface area contributed by atoms with E-state index in [9.17, 15) is 14.4 Å². The molecule has 2 aromatic rings. The highest BCUT2D eigenvalue weighted by molar-refractivity contribution is 6.30. The molecule has 1 atom stereocenters. The second-order valence-corrected chi connectivity index (χ2v) is 9.37. The number of nitrogens with one attached hydrogen (secondary N) is 1. The Balaban J connectivity index is 1.76. The molecule has 0 amide bonds. The highest BCUT2D eigenvalue weighted by Crippen LogP contribution is 2.48. The molecule has 2 aromatic carbocycles. The van der Waals surface area contributed by atoms with Crippen LogP contribution in [0.3, 0.4) is 0 Å². The van der Waals surface area contributed by atoms with Crippen molar-refractivity contribution in [3.05, 3.63) is 92.8 Å². The van der Waals surface area contributed by atoms with Crippen LogP contribution < -0.4 is 5.32 Å². The van der Waals surface area contributed by atoms with Crippen molar-refractivity contribution in [2.75, 3.05) is 0 Å². The number of ketones is 3. The van der Waals surface area contributed by atoms with Crippen molar-refractivity contribution in [1.29, 1.82) is 0 Å². The quantitative estimate of drug-likeness (QED) is 0.708. The van der Waals surface area contributed by atoms with Gasteiger partial charge in [-0.1, -0.05) is 61.8 Å². The van der Waals surface area contributed by atoms with Gasteiger partial charge >= 0.3 is 0 Å². The standard InChI is InChI=1S/C25H20ClNO3/c1-25(2)11-17-20(18(28)12-25)19(13-7-9-14(26)10-8-13)21-22(27-17)24(30)16-6-4-3-5-15(16)23(21)29/h3-10,19,27H,11-12H2,1-2H3. The number of carbonyl (C=O) groups is 3. The molecule has 2 aliphatic carbocycles. The Morgan fingerprint density at radius 1 is 0.867 bits per heavy atom. The third-order valence-electron chi connectivity index (χ3n) is 6.13. The lowest BCUT2D eigenvalue weighted by atomic mass is 9.66. The number of allylic oxidation sites excluding steroid dienone is 4. The van der Waals surface area contributed by atoms with Gasteiger partial charge in [0, 0.05) is 45.3 Å². The first kappa shape index (κ1) is 19.0. The van der Waals surface area contributed by atoms with Gasteiger partial charge in [-0.05, 0) is 29.5 Å². The van der Waals surface area contributed by atoms with E-state index < -0.39 is 5.92 Å². The van der Waals surface area contributed by atoms with Crippen LogP contribution >= 0.6 is 11.6 Å². The van der Waals surface area contributed by atoms with Gasteiger partial charge < -0.3 is 5.32 Å². The van der Waals surface area contributed by atoms with Crippen LogP contribution in [0.25, 0.3) is 0 Å². The zero-order valence-corrected chi connectivity index (χ0v) is 17.5. The molecule has 150 valence electrons. The van der Waals surface area contributed by atoms with Gasteiger partial charge in [0.05, 0.1) is 5.70 Å². The normalized spacial score (nSPS) is 22.4. The average Bonchev–Trinajstić information content (AvgIpc) is 2.70. The lowest BCUT2D eigenvalue weighted by Gasteiger charge is -2.41. The zero-order valence-electron chi connectivity index (χ0n) is 16.7. The third-order valence-corrected chi connectivity index (χ3v) is 6.39. The lowest BCUT2D eigenvalue weighted by molar-refractivity contribution is -0.118. The second-order valence-electron chi connectivity index (χ2n) is 8.94. The molecule has 1 N–H and O–H groups in total. The zero-order chi connectivity index (χ0) is 21.2. The Hall–Kier alpha value is -2.98. The van der Waals surface area contributed by atoms with Gasteiger partial charge in [0.25, 0.3) is 0 Å². The van der Waals surface area contributed by atoms with E-state index in [1.807, 2.05) is 26.0 Å². The van der Waals surface area contributed by atoms with E-state index in [1.165, 1.54) is 0 Å². The van der Waals surface area contributed by atoms with Crippen molar-refractivity contribution in [1.82, 2.24) is 5.32 Å². The highest BCUT2D eigenvalue weighted by Gasteiger charge is 2.46. The van der Waals surface area contributed by atoms with E-state index in [1.54, 1.807) is 36.4 Å². The Labute approximate surface area is 179 Å². The van der Waals surface area contributed by atoms with Crippen molar-refractivity contribution in [3.8, 4) is 0 Å². The molecule has 5 heteroatoms. The summed E-state index contributed by atoms with van der Waals surface area (Å²) in [5.41, 5.74) is 3.34. The molecular formula is C25H20ClNO3. The van der Waals surface area contributed by atoms with Gasteiger partial charge in [-0.3, -0.25) is 14.4 Å². The Bertz CT molecular complexity index is 1200. The molecule has 0 aromatic heterocycles. The molecule has 1 unspecified atom stereocenters. The largest absolute Gasteiger partial charge is 0.355 e. The van der Waals surface area contributed by atoms with Crippen LogP contribution in [0.15, 0.2) is 71.1 Å². The Kier molecular flexibility index (Phi) is 4.13. The predicted octanol–water partition coefficient (Wildman–Crippen LogP) is 5.00. The molecule has 1 aliphatic heterocycles. The summed E-state index contributed by atoms with van der Waals surface area (Å²) in [4.78, 5) is 40.1. The van der Waals surface area contributed by atoms with E-state index in [-0.39, 0.29) is 22.8 Å². The van der Waals surface area contributed by atoms with Crippen LogP contribution in [0.2, 0.25) is 5.02 Å². The third kappa shape index (κ3) is 2.78. The van der Waals surface area contributed by atoms with Crippen LogP contribution in [-0.2, 0) is 4.79 Å². The SMILES string of the molecule is CC1(C)CC(=O)C2=C(C1)NC1=C(C(=O)c3ccccc3C1=O)C2c1ccc(Cl)cc1. The fourth-order valence-electron chi connectivity index (χ4n) is 4.86. The summed E-state index contributed by atoms with van der Waals surface area (Å²) in [5.74, 6) is -0.986. The van der Waals surface area contributed by atoms with E-state index >= 15 is 0 Å². The maximum atomic E-state index is 13.5. The number of fused-ring (bicyclic) bond motifs is 1. The summed E-state index contributed by atoms with van der Waals surface area (Å²) >= 11 is 6.09. The summed E-state index contributed by atoms with van der Waals surface area (Å²) in [6.07, 6.45) is 1.04. The topological polar surface area (TPSA) is 63.2 Å². The van der Waals surface area contributed by atoms with Crippen molar-refractivity contribution in [3.63, 3.8) is 0 Å². The fraction of sp³-hybridized carbons (Fsp3) is 0.240. The van der Waals surface area contributed by atoms with Gasteiger partial charge in [0.15, 0.2) is 11.6 Å². The van der Waals surface area contributed by atoms with Crippen molar-refractivity contribution in [2.45, 2.75) is 32.6 Å². The second kappa shape index (κ2) is 6.51. The van der Waals surface area contributed by atoms with Crippen molar-refractivity contribution in [2.24, 2.45) is 5.41 Å². The van der Waals surface area contributed by atoms with Crippen LogP contribution in [0.5, 0.6) is 0 Å². The van der Waals surface area contributed by atoms with E-state index in [0.717, 1.165) is 11.3 Å². The van der Waals surface area contributed by atoms with Gasteiger partial charge in [-0.25, -0.2) is 0 Å². The van der Waals surface area contributed by atoms with Crippen LogP contribution in [0.4, 0.5) is 0 Å². The molecule has 0 bridgehead atoms. The first-order chi connectivity index (χ1) is 14.3. The van der Waals surface area contributed by atoms with Gasteiger partial charge in [-0.2, -0.15) is 0 Å². The van der Waals surface area contributed by atoms with Crippen molar-refractivity contribution < 1.29 is 14.4 Å². The molecule has 0 radical (unpaired) electrons. The molecule has 0 saturated carbocycles. The van der Waals surface area contributed by atoms with Crippen LogP contribution in [0.1, 0.15) is 58.9 Å². The lowest BCUT2D eigenvalue weighted by Crippen LogP contribution is -2.42. The number of benzene rings is 2. The van der Waals surface area contributed by atoms with Crippen LogP contribution in [0, 0.1) is 5.41 Å². The summed E-state index contributed by atoms with van der Waals surface area (Å²) in [6.45, 7) is 4.08. The van der Waals surface area contributed by atoms with Crippen LogP contribution in [-0.4, -0.2) is 17.3 Å². The number of hydrogen-bond donors (Lipinski definition) is 1. The minimum atomic E-state index is -0.582. The van der Waals surface area contributed by atoms with Gasteiger partial charge in [-0.15, -0.1) is 0 Å². The smallest absolute Gasteiger partial charge is 0.210 e. The minimum Gasteiger partial charge on any atom is -0.355 e. The van der Waals surface area contributed by atoms with Crippen molar-refractivity contribution >= 4 is 29.0 Å². The maximum Gasteiger partial charge on any atom is 0.210 e. The summed E-state index contributed by atoms with van der Waals surface area (Å²) < 4.78 is 0. The number of Topliss-reactive ketones (excluding diaryl/α,β-unsaturated/α-hetero) is 3. The molecule has 30 heavy (non-hydrogen) atoms. The predicted molar refractivity (Wildman–Crippen MR) is 115 cm³/mol. The minimum absolute atomic E-state index is 0.0133. The Morgan fingerprint density at radius 2 is 1.50 bits per heavy atom. The van der Waals surface area contributed by atoms with E-state index in [0.29, 0.717) is 45.8 Å². The van der Waals surface area contributed by atoms with E-state index in [4.69, 9.17) is 11.6 Å². The van der Waals surface area contributed by atoms with Gasteiger partial charge in [0.2, 0.25) is 5.78 Å². The molecule has 0 saturated heterocycles. The number of dihydropyridines is 1.